The first-order valence-corrected chi connectivity index (χ1v) is 6.42. The van der Waals surface area contributed by atoms with Crippen molar-refractivity contribution in [3.8, 4) is 11.4 Å². The van der Waals surface area contributed by atoms with Gasteiger partial charge in [0.05, 0.1) is 11.4 Å². The molecular weight excluding hydrogens is 222 g/mol. The van der Waals surface area contributed by atoms with Crippen molar-refractivity contribution in [1.82, 2.24) is 9.97 Å². The minimum absolute atomic E-state index is 0.917. The van der Waals surface area contributed by atoms with Crippen LogP contribution in [0.4, 0.5) is 5.69 Å². The van der Waals surface area contributed by atoms with E-state index in [-0.39, 0.29) is 0 Å². The highest BCUT2D eigenvalue weighted by Gasteiger charge is 2.02. The number of pyridine rings is 2. The Bertz CT molecular complexity index is 509. The molecule has 0 atom stereocenters. The largest absolute Gasteiger partial charge is 0.385 e. The number of nitrogens with zero attached hydrogens (tertiary/aromatic N) is 2. The second kappa shape index (κ2) is 6.15. The lowest BCUT2D eigenvalue weighted by Crippen LogP contribution is -2.01. The van der Waals surface area contributed by atoms with Crippen molar-refractivity contribution in [3.63, 3.8) is 0 Å². The maximum Gasteiger partial charge on any atom is 0.0906 e. The summed E-state index contributed by atoms with van der Waals surface area (Å²) in [6, 6.07) is 8.09. The van der Waals surface area contributed by atoms with E-state index in [1.54, 1.807) is 0 Å². The van der Waals surface area contributed by atoms with Crippen molar-refractivity contribution < 1.29 is 0 Å². The Hall–Kier alpha value is -1.90. The fourth-order valence-electron chi connectivity index (χ4n) is 1.77. The molecule has 18 heavy (non-hydrogen) atoms. The number of anilines is 1. The molecule has 0 unspecified atom stereocenters. The van der Waals surface area contributed by atoms with E-state index in [0.29, 0.717) is 0 Å². The van der Waals surface area contributed by atoms with Crippen LogP contribution in [0.1, 0.15) is 25.3 Å². The Morgan fingerprint density at radius 1 is 1.06 bits per heavy atom. The molecule has 0 radical (unpaired) electrons. The number of rotatable bonds is 5. The van der Waals surface area contributed by atoms with Gasteiger partial charge in [0.15, 0.2) is 0 Å². The molecule has 0 saturated carbocycles. The quantitative estimate of drug-likeness (QED) is 0.812. The second-order valence-corrected chi connectivity index (χ2v) is 4.43. The van der Waals surface area contributed by atoms with Crippen LogP contribution < -0.4 is 5.32 Å². The van der Waals surface area contributed by atoms with Crippen LogP contribution in [0, 0.1) is 6.92 Å². The van der Waals surface area contributed by atoms with Crippen LogP contribution in [-0.4, -0.2) is 16.5 Å². The van der Waals surface area contributed by atoms with Crippen molar-refractivity contribution >= 4 is 5.69 Å². The molecule has 1 N–H and O–H groups in total. The minimum Gasteiger partial charge on any atom is -0.385 e. The minimum atomic E-state index is 0.917. The van der Waals surface area contributed by atoms with Crippen molar-refractivity contribution in [1.29, 1.82) is 0 Å². The Morgan fingerprint density at radius 3 is 2.50 bits per heavy atom. The molecule has 0 aromatic carbocycles. The van der Waals surface area contributed by atoms with Gasteiger partial charge in [0.25, 0.3) is 0 Å². The first-order valence-electron chi connectivity index (χ1n) is 6.42. The van der Waals surface area contributed by atoms with Gasteiger partial charge in [-0.05, 0) is 43.2 Å². The van der Waals surface area contributed by atoms with Crippen molar-refractivity contribution in [2.75, 3.05) is 11.9 Å². The van der Waals surface area contributed by atoms with E-state index >= 15 is 0 Å². The van der Waals surface area contributed by atoms with Crippen LogP contribution in [0.3, 0.4) is 0 Å². The SMILES string of the molecule is CCCCNc1ccnc(-c2cc(C)ccn2)c1. The highest BCUT2D eigenvalue weighted by atomic mass is 14.9. The standard InChI is InChI=1S/C15H19N3/c1-3-4-7-16-13-6-9-18-15(11-13)14-10-12(2)5-8-17-14/h5-6,8-11H,3-4,7H2,1-2H3,(H,16,18). The number of hydrogen-bond donors (Lipinski definition) is 1. The molecule has 0 fully saturated rings. The summed E-state index contributed by atoms with van der Waals surface area (Å²) in [7, 11) is 0. The van der Waals surface area contributed by atoms with E-state index in [2.05, 4.69) is 41.3 Å². The van der Waals surface area contributed by atoms with Gasteiger partial charge in [-0.15, -0.1) is 0 Å². The summed E-state index contributed by atoms with van der Waals surface area (Å²) < 4.78 is 0. The van der Waals surface area contributed by atoms with E-state index in [0.717, 1.165) is 23.6 Å². The lowest BCUT2D eigenvalue weighted by molar-refractivity contribution is 0.834. The van der Waals surface area contributed by atoms with Gasteiger partial charge in [0, 0.05) is 24.6 Å². The van der Waals surface area contributed by atoms with E-state index in [4.69, 9.17) is 0 Å². The van der Waals surface area contributed by atoms with Gasteiger partial charge in [0.1, 0.15) is 0 Å². The van der Waals surface area contributed by atoms with Crippen LogP contribution >= 0.6 is 0 Å². The van der Waals surface area contributed by atoms with Crippen LogP contribution in [0.2, 0.25) is 0 Å². The first-order chi connectivity index (χ1) is 8.79. The van der Waals surface area contributed by atoms with E-state index in [1.165, 1.54) is 18.4 Å². The molecule has 0 spiro atoms. The second-order valence-electron chi connectivity index (χ2n) is 4.43. The smallest absolute Gasteiger partial charge is 0.0906 e. The van der Waals surface area contributed by atoms with Crippen LogP contribution in [0.15, 0.2) is 36.7 Å². The molecule has 2 heterocycles. The molecule has 2 aromatic rings. The van der Waals surface area contributed by atoms with Gasteiger partial charge in [-0.25, -0.2) is 0 Å². The first kappa shape index (κ1) is 12.6. The third kappa shape index (κ3) is 3.29. The van der Waals surface area contributed by atoms with Gasteiger partial charge in [-0.3, -0.25) is 9.97 Å². The molecule has 0 amide bonds. The van der Waals surface area contributed by atoms with Gasteiger partial charge in [-0.2, -0.15) is 0 Å². The lowest BCUT2D eigenvalue weighted by Gasteiger charge is -2.07. The third-order valence-electron chi connectivity index (χ3n) is 2.80. The summed E-state index contributed by atoms with van der Waals surface area (Å²) in [6.45, 7) is 5.26. The zero-order chi connectivity index (χ0) is 12.8. The average molecular weight is 241 g/mol. The topological polar surface area (TPSA) is 37.8 Å². The summed E-state index contributed by atoms with van der Waals surface area (Å²) in [5.41, 5.74) is 4.15. The average Bonchev–Trinajstić information content (AvgIpc) is 2.39. The van der Waals surface area contributed by atoms with E-state index in [1.807, 2.05) is 24.5 Å². The van der Waals surface area contributed by atoms with Crippen LogP contribution in [0.5, 0.6) is 0 Å². The van der Waals surface area contributed by atoms with E-state index in [9.17, 15) is 0 Å². The highest BCUT2D eigenvalue weighted by Crippen LogP contribution is 2.18. The predicted octanol–water partition coefficient (Wildman–Crippen LogP) is 3.66. The third-order valence-corrected chi connectivity index (χ3v) is 2.80. The summed E-state index contributed by atoms with van der Waals surface area (Å²) in [5, 5.41) is 3.40. The van der Waals surface area contributed by atoms with Crippen LogP contribution in [-0.2, 0) is 0 Å². The summed E-state index contributed by atoms with van der Waals surface area (Å²) in [5.74, 6) is 0. The fourth-order valence-corrected chi connectivity index (χ4v) is 1.77. The number of aryl methyl sites for hydroxylation is 1. The molecule has 0 aliphatic rings. The highest BCUT2D eigenvalue weighted by molar-refractivity contribution is 5.60. The van der Waals surface area contributed by atoms with Crippen molar-refractivity contribution in [3.05, 3.63) is 42.2 Å². The number of nitrogens with one attached hydrogen (secondary N) is 1. The molecular formula is C15H19N3. The monoisotopic (exact) mass is 241 g/mol. The van der Waals surface area contributed by atoms with E-state index < -0.39 is 0 Å². The number of hydrogen-bond acceptors (Lipinski definition) is 3. The van der Waals surface area contributed by atoms with Crippen LogP contribution in [0.25, 0.3) is 11.4 Å². The molecule has 0 saturated heterocycles. The van der Waals surface area contributed by atoms with Gasteiger partial charge in [0.2, 0.25) is 0 Å². The summed E-state index contributed by atoms with van der Waals surface area (Å²) in [6.07, 6.45) is 6.03. The molecule has 0 bridgehead atoms. The Kier molecular flexibility index (Phi) is 4.29. The molecule has 3 nitrogen and oxygen atoms in total. The van der Waals surface area contributed by atoms with Crippen molar-refractivity contribution in [2.45, 2.75) is 26.7 Å². The van der Waals surface area contributed by atoms with Gasteiger partial charge in [-0.1, -0.05) is 13.3 Å². The summed E-state index contributed by atoms with van der Waals surface area (Å²) in [4.78, 5) is 8.73. The molecule has 2 rings (SSSR count). The zero-order valence-corrected chi connectivity index (χ0v) is 11.0. The molecule has 0 aliphatic carbocycles. The Labute approximate surface area is 108 Å². The maximum absolute atomic E-state index is 4.38. The lowest BCUT2D eigenvalue weighted by atomic mass is 10.2. The maximum atomic E-state index is 4.38. The zero-order valence-electron chi connectivity index (χ0n) is 11.0. The van der Waals surface area contributed by atoms with Gasteiger partial charge < -0.3 is 5.32 Å². The predicted molar refractivity (Wildman–Crippen MR) is 75.6 cm³/mol. The molecule has 2 aromatic heterocycles. The van der Waals surface area contributed by atoms with Crippen molar-refractivity contribution in [2.24, 2.45) is 0 Å². The normalized spacial score (nSPS) is 10.3. The van der Waals surface area contributed by atoms with Gasteiger partial charge >= 0.3 is 0 Å². The Morgan fingerprint density at radius 2 is 1.78 bits per heavy atom. The fraction of sp³-hybridized carbons (Fsp3) is 0.333. The molecule has 0 aliphatic heterocycles. The number of aromatic nitrogens is 2. The molecule has 94 valence electrons. The summed E-state index contributed by atoms with van der Waals surface area (Å²) >= 11 is 0. The number of unbranched alkanes of at least 4 members (excludes halogenated alkanes) is 1. The Balaban J connectivity index is 2.16. The molecule has 3 heteroatoms.